The van der Waals surface area contributed by atoms with Gasteiger partial charge in [0.1, 0.15) is 0 Å². The Kier molecular flexibility index (Phi) is 3.08. The van der Waals surface area contributed by atoms with Crippen LogP contribution in [0.15, 0.2) is 70.9 Å². The first-order chi connectivity index (χ1) is 10.8. The van der Waals surface area contributed by atoms with Crippen LogP contribution in [0.3, 0.4) is 0 Å². The lowest BCUT2D eigenvalue weighted by atomic mass is 10.2. The van der Waals surface area contributed by atoms with Gasteiger partial charge in [-0.1, -0.05) is 36.4 Å². The molecule has 2 aliphatic heterocycles. The van der Waals surface area contributed by atoms with Crippen LogP contribution in [0.4, 0.5) is 11.4 Å². The van der Waals surface area contributed by atoms with Crippen LogP contribution in [0.2, 0.25) is 0 Å². The fourth-order valence-electron chi connectivity index (χ4n) is 2.64. The van der Waals surface area contributed by atoms with E-state index in [-0.39, 0.29) is 10.9 Å². The molecule has 2 aromatic rings. The van der Waals surface area contributed by atoms with E-state index < -0.39 is 0 Å². The summed E-state index contributed by atoms with van der Waals surface area (Å²) in [6, 6.07) is 20.6. The van der Waals surface area contributed by atoms with Crippen molar-refractivity contribution in [3.8, 4) is 0 Å². The lowest BCUT2D eigenvalue weighted by Gasteiger charge is -2.25. The summed E-state index contributed by atoms with van der Waals surface area (Å²) in [5.74, 6) is 0. The number of anilines is 2. The first kappa shape index (κ1) is 13.3. The van der Waals surface area contributed by atoms with Crippen molar-refractivity contribution in [2.24, 2.45) is 10.2 Å². The van der Waals surface area contributed by atoms with Crippen LogP contribution in [0.25, 0.3) is 0 Å². The summed E-state index contributed by atoms with van der Waals surface area (Å²) >= 11 is 0. The Morgan fingerprint density at radius 1 is 0.682 bits per heavy atom. The Morgan fingerprint density at radius 2 is 1.09 bits per heavy atom. The van der Waals surface area contributed by atoms with E-state index in [1.807, 2.05) is 36.4 Å². The fourth-order valence-corrected chi connectivity index (χ4v) is 4.78. The predicted molar refractivity (Wildman–Crippen MR) is 96.7 cm³/mol. The molecule has 0 aromatic heterocycles. The molecule has 0 saturated carbocycles. The molecule has 0 saturated heterocycles. The minimum absolute atomic E-state index is 0.330. The highest BCUT2D eigenvalue weighted by Crippen LogP contribution is 2.43. The minimum atomic E-state index is -0.330. The van der Waals surface area contributed by atoms with Gasteiger partial charge < -0.3 is 0 Å². The molecule has 2 heterocycles. The Morgan fingerprint density at radius 3 is 1.50 bits per heavy atom. The first-order valence-corrected chi connectivity index (χ1v) is 8.32. The van der Waals surface area contributed by atoms with Crippen molar-refractivity contribution in [1.82, 2.24) is 0 Å². The average Bonchev–Trinajstić information content (AvgIpc) is 3.08. The first-order valence-electron chi connectivity index (χ1n) is 7.19. The van der Waals surface area contributed by atoms with Gasteiger partial charge in [0, 0.05) is 0 Å². The normalized spacial score (nSPS) is 17.6. The summed E-state index contributed by atoms with van der Waals surface area (Å²) in [5, 5.41) is 9.54. The highest BCUT2D eigenvalue weighted by atomic mass is 32.2. The Hall–Kier alpha value is -2.40. The molecule has 0 radical (unpaired) electrons. The number of para-hydroxylation sites is 2. The molecule has 0 spiro atoms. The number of nitrogens with zero attached hydrogens (tertiary/aromatic N) is 4. The summed E-state index contributed by atoms with van der Waals surface area (Å²) in [7, 11) is -0.330. The number of hydrazone groups is 2. The molecule has 0 aliphatic carbocycles. The van der Waals surface area contributed by atoms with Gasteiger partial charge in [-0.2, -0.15) is 19.0 Å². The molecule has 2 aromatic carbocycles. The van der Waals surface area contributed by atoms with Gasteiger partial charge in [-0.05, 0) is 38.1 Å². The van der Waals surface area contributed by atoms with Gasteiger partial charge in [0.25, 0.3) is 0 Å². The molecule has 0 N–H and O–H groups in total. The maximum Gasteiger partial charge on any atom is 0.0870 e. The summed E-state index contributed by atoms with van der Waals surface area (Å²) in [4.78, 5) is 1.23. The second-order valence-electron chi connectivity index (χ2n) is 5.18. The van der Waals surface area contributed by atoms with Crippen LogP contribution >= 0.6 is 10.9 Å². The van der Waals surface area contributed by atoms with E-state index in [0.29, 0.717) is 0 Å². The lowest BCUT2D eigenvalue weighted by molar-refractivity contribution is 1.15. The van der Waals surface area contributed by atoms with Crippen molar-refractivity contribution in [1.29, 1.82) is 0 Å². The molecule has 5 heteroatoms. The SMILES string of the molecule is CC1=NN(c2ccccc2)S2=C1C(C)=NN2c1ccccc1. The van der Waals surface area contributed by atoms with E-state index in [4.69, 9.17) is 10.2 Å². The summed E-state index contributed by atoms with van der Waals surface area (Å²) in [6.07, 6.45) is 0. The van der Waals surface area contributed by atoms with E-state index in [1.54, 1.807) is 0 Å². The number of benzene rings is 2. The molecular weight excluding hydrogens is 292 g/mol. The van der Waals surface area contributed by atoms with E-state index in [2.05, 4.69) is 46.9 Å². The van der Waals surface area contributed by atoms with Gasteiger partial charge in [-0.25, -0.2) is 0 Å². The van der Waals surface area contributed by atoms with Crippen molar-refractivity contribution in [2.45, 2.75) is 13.8 Å². The lowest BCUT2D eigenvalue weighted by Crippen LogP contribution is -2.17. The zero-order valence-corrected chi connectivity index (χ0v) is 13.3. The number of hydrogen-bond acceptors (Lipinski definition) is 4. The molecule has 0 fully saturated rings. The zero-order valence-electron chi connectivity index (χ0n) is 12.5. The van der Waals surface area contributed by atoms with E-state index in [9.17, 15) is 0 Å². The number of rotatable bonds is 2. The van der Waals surface area contributed by atoms with Crippen molar-refractivity contribution in [3.63, 3.8) is 0 Å². The van der Waals surface area contributed by atoms with Crippen molar-refractivity contribution in [2.75, 3.05) is 8.83 Å². The van der Waals surface area contributed by atoms with E-state index >= 15 is 0 Å². The summed E-state index contributed by atoms with van der Waals surface area (Å²) in [6.45, 7) is 4.12. The molecule has 0 bridgehead atoms. The average molecular weight is 308 g/mol. The van der Waals surface area contributed by atoms with Gasteiger partial charge in [0.15, 0.2) is 0 Å². The Bertz CT molecular complexity index is 742. The molecule has 22 heavy (non-hydrogen) atoms. The highest BCUT2D eigenvalue weighted by molar-refractivity contribution is 8.21. The van der Waals surface area contributed by atoms with Gasteiger partial charge in [-0.3, -0.25) is 0 Å². The van der Waals surface area contributed by atoms with Crippen molar-refractivity contribution >= 4 is 38.5 Å². The minimum Gasteiger partial charge on any atom is -0.192 e. The molecular formula is C17H16N4S. The quantitative estimate of drug-likeness (QED) is 0.784. The zero-order chi connectivity index (χ0) is 15.1. The van der Waals surface area contributed by atoms with Crippen LogP contribution in [0.1, 0.15) is 13.8 Å². The monoisotopic (exact) mass is 308 g/mol. The largest absolute Gasteiger partial charge is 0.192 e. The smallest absolute Gasteiger partial charge is 0.0870 e. The summed E-state index contributed by atoms with van der Waals surface area (Å²) in [5.41, 5.74) is 4.27. The molecule has 4 rings (SSSR count). The predicted octanol–water partition coefficient (Wildman–Crippen LogP) is 4.05. The second kappa shape index (κ2) is 5.10. The second-order valence-corrected chi connectivity index (χ2v) is 6.81. The molecule has 4 nitrogen and oxygen atoms in total. The van der Waals surface area contributed by atoms with E-state index in [0.717, 1.165) is 22.8 Å². The van der Waals surface area contributed by atoms with Crippen LogP contribution in [0.5, 0.6) is 0 Å². The highest BCUT2D eigenvalue weighted by Gasteiger charge is 2.35. The van der Waals surface area contributed by atoms with Crippen LogP contribution < -0.4 is 8.83 Å². The molecule has 110 valence electrons. The molecule has 0 unspecified atom stereocenters. The molecule has 0 atom stereocenters. The van der Waals surface area contributed by atoms with Crippen molar-refractivity contribution < 1.29 is 0 Å². The van der Waals surface area contributed by atoms with Crippen molar-refractivity contribution in [3.05, 3.63) is 60.7 Å². The van der Waals surface area contributed by atoms with Crippen LogP contribution in [0, 0.1) is 0 Å². The van der Waals surface area contributed by atoms with Gasteiger partial charge in [0.05, 0.1) is 38.5 Å². The molecule has 0 amide bonds. The maximum atomic E-state index is 4.77. The van der Waals surface area contributed by atoms with Crippen LogP contribution in [-0.2, 0) is 0 Å². The fraction of sp³-hybridized carbons (Fsp3) is 0.118. The van der Waals surface area contributed by atoms with Gasteiger partial charge in [-0.15, -0.1) is 0 Å². The van der Waals surface area contributed by atoms with Gasteiger partial charge >= 0.3 is 0 Å². The standard InChI is InChI=1S/C17H16N4S/c1-13-17-14(2)19-21(16-11-7-4-8-12-16)22(17)20(18-13)15-9-5-3-6-10-15/h3-12H,1-2H3. The third-order valence-corrected chi connectivity index (χ3v) is 5.80. The Labute approximate surface area is 132 Å². The third-order valence-electron chi connectivity index (χ3n) is 3.60. The van der Waals surface area contributed by atoms with E-state index in [1.165, 1.54) is 4.86 Å². The van der Waals surface area contributed by atoms with Crippen LogP contribution in [-0.4, -0.2) is 16.3 Å². The molecule has 2 aliphatic rings. The summed E-state index contributed by atoms with van der Waals surface area (Å²) < 4.78 is 4.16. The maximum absolute atomic E-state index is 4.77. The van der Waals surface area contributed by atoms with Gasteiger partial charge in [0.2, 0.25) is 0 Å². The Balaban J connectivity index is 1.84. The topological polar surface area (TPSA) is 31.2 Å². The third kappa shape index (κ3) is 1.97. The number of hydrogen-bond donors (Lipinski definition) is 0.